The van der Waals surface area contributed by atoms with Gasteiger partial charge < -0.3 is 5.32 Å². The maximum Gasteiger partial charge on any atom is 0.0320 e. The Hall–Kier alpha value is -0.860. The van der Waals surface area contributed by atoms with E-state index in [2.05, 4.69) is 47.5 Å². The summed E-state index contributed by atoms with van der Waals surface area (Å²) in [6.07, 6.45) is 2.61. The van der Waals surface area contributed by atoms with Gasteiger partial charge in [-0.1, -0.05) is 30.3 Å². The molecule has 0 radical (unpaired) electrons. The zero-order chi connectivity index (χ0) is 11.2. The van der Waals surface area contributed by atoms with Crippen molar-refractivity contribution >= 4 is 0 Å². The van der Waals surface area contributed by atoms with Gasteiger partial charge in [0.1, 0.15) is 0 Å². The number of benzene rings is 1. The third-order valence-corrected chi connectivity index (χ3v) is 3.45. The van der Waals surface area contributed by atoms with Gasteiger partial charge in [-0.3, -0.25) is 4.90 Å². The number of hydrogen-bond donors (Lipinski definition) is 1. The van der Waals surface area contributed by atoms with Gasteiger partial charge in [0.15, 0.2) is 0 Å². The minimum Gasteiger partial charge on any atom is -0.315 e. The van der Waals surface area contributed by atoms with E-state index in [4.69, 9.17) is 0 Å². The lowest BCUT2D eigenvalue weighted by Crippen LogP contribution is -2.37. The largest absolute Gasteiger partial charge is 0.315 e. The Kier molecular flexibility index (Phi) is 4.37. The highest BCUT2D eigenvalue weighted by molar-refractivity contribution is 5.18. The molecule has 1 saturated heterocycles. The summed E-state index contributed by atoms with van der Waals surface area (Å²) < 4.78 is 0. The van der Waals surface area contributed by atoms with Crippen molar-refractivity contribution in [2.45, 2.75) is 25.8 Å². The Balaban J connectivity index is 1.99. The van der Waals surface area contributed by atoms with Crippen LogP contribution in [0, 0.1) is 0 Å². The number of rotatable bonds is 2. The van der Waals surface area contributed by atoms with E-state index >= 15 is 0 Å². The average Bonchev–Trinajstić information content (AvgIpc) is 2.29. The summed E-state index contributed by atoms with van der Waals surface area (Å²) in [5, 5.41) is 3.48. The zero-order valence-corrected chi connectivity index (χ0v) is 10.2. The summed E-state index contributed by atoms with van der Waals surface area (Å²) in [4.78, 5) is 2.58. The van der Waals surface area contributed by atoms with E-state index in [1.165, 1.54) is 31.5 Å². The van der Waals surface area contributed by atoms with Gasteiger partial charge in [0.05, 0.1) is 0 Å². The summed E-state index contributed by atoms with van der Waals surface area (Å²) in [7, 11) is 0. The number of hydrogen-bond acceptors (Lipinski definition) is 2. The van der Waals surface area contributed by atoms with E-state index in [1.807, 2.05) is 0 Å². The summed E-state index contributed by atoms with van der Waals surface area (Å²) in [5.41, 5.74) is 1.43. The molecule has 1 aliphatic heterocycles. The van der Waals surface area contributed by atoms with Crippen LogP contribution < -0.4 is 5.32 Å². The maximum absolute atomic E-state index is 3.48. The van der Waals surface area contributed by atoms with E-state index in [-0.39, 0.29) is 0 Å². The van der Waals surface area contributed by atoms with E-state index < -0.39 is 0 Å². The van der Waals surface area contributed by atoms with Crippen LogP contribution >= 0.6 is 0 Å². The molecule has 1 fully saturated rings. The van der Waals surface area contributed by atoms with Crippen LogP contribution in [0.3, 0.4) is 0 Å². The van der Waals surface area contributed by atoms with Crippen molar-refractivity contribution in [2.75, 3.05) is 26.2 Å². The van der Waals surface area contributed by atoms with Crippen molar-refractivity contribution < 1.29 is 0 Å². The molecular weight excluding hydrogens is 196 g/mol. The van der Waals surface area contributed by atoms with E-state index in [0.717, 1.165) is 13.1 Å². The molecule has 2 heteroatoms. The number of nitrogens with zero attached hydrogens (tertiary/aromatic N) is 1. The third-order valence-electron chi connectivity index (χ3n) is 3.45. The van der Waals surface area contributed by atoms with Crippen LogP contribution in [0.1, 0.15) is 31.4 Å². The summed E-state index contributed by atoms with van der Waals surface area (Å²) in [5.74, 6) is 0. The van der Waals surface area contributed by atoms with Crippen LogP contribution in [-0.4, -0.2) is 31.1 Å². The first-order valence-electron chi connectivity index (χ1n) is 6.37. The molecule has 0 spiro atoms. The van der Waals surface area contributed by atoms with Gasteiger partial charge in [-0.25, -0.2) is 0 Å². The molecule has 88 valence electrons. The Morgan fingerprint density at radius 1 is 1.06 bits per heavy atom. The molecule has 1 aromatic rings. The topological polar surface area (TPSA) is 15.3 Å². The first-order chi connectivity index (χ1) is 7.88. The Morgan fingerprint density at radius 2 is 1.88 bits per heavy atom. The summed E-state index contributed by atoms with van der Waals surface area (Å²) in [6.45, 7) is 7.02. The second-order valence-corrected chi connectivity index (χ2v) is 4.58. The van der Waals surface area contributed by atoms with Crippen molar-refractivity contribution in [1.29, 1.82) is 0 Å². The molecular formula is C14H22N2. The molecule has 2 nitrogen and oxygen atoms in total. The lowest BCUT2D eigenvalue weighted by atomic mass is 10.1. The molecule has 1 N–H and O–H groups in total. The summed E-state index contributed by atoms with van der Waals surface area (Å²) >= 11 is 0. The molecule has 16 heavy (non-hydrogen) atoms. The van der Waals surface area contributed by atoms with Crippen LogP contribution in [0.2, 0.25) is 0 Å². The molecule has 1 unspecified atom stereocenters. The fraction of sp³-hybridized carbons (Fsp3) is 0.571. The standard InChI is InChI=1S/C14H22N2/c1-13(14-7-3-2-4-8-14)16-11-6-5-9-15-10-12-16/h2-4,7-8,13,15H,5-6,9-12H2,1H3. The fourth-order valence-electron chi connectivity index (χ4n) is 2.35. The van der Waals surface area contributed by atoms with Gasteiger partial charge in [-0.15, -0.1) is 0 Å². The molecule has 1 atom stereocenters. The fourth-order valence-corrected chi connectivity index (χ4v) is 2.35. The predicted octanol–water partition coefficient (Wildman–Crippen LogP) is 2.43. The smallest absolute Gasteiger partial charge is 0.0320 e. The van der Waals surface area contributed by atoms with Crippen LogP contribution in [-0.2, 0) is 0 Å². The Bertz CT molecular complexity index is 289. The van der Waals surface area contributed by atoms with Crippen molar-refractivity contribution in [1.82, 2.24) is 10.2 Å². The van der Waals surface area contributed by atoms with Gasteiger partial charge in [0.25, 0.3) is 0 Å². The quantitative estimate of drug-likeness (QED) is 0.820. The van der Waals surface area contributed by atoms with Crippen LogP contribution in [0.15, 0.2) is 30.3 Å². The minimum absolute atomic E-state index is 0.543. The van der Waals surface area contributed by atoms with Crippen LogP contribution in [0.4, 0.5) is 0 Å². The van der Waals surface area contributed by atoms with Gasteiger partial charge >= 0.3 is 0 Å². The van der Waals surface area contributed by atoms with Gasteiger partial charge in [-0.05, 0) is 38.4 Å². The molecule has 0 amide bonds. The summed E-state index contributed by atoms with van der Waals surface area (Å²) in [6, 6.07) is 11.4. The highest BCUT2D eigenvalue weighted by Gasteiger charge is 2.15. The van der Waals surface area contributed by atoms with Gasteiger partial charge in [-0.2, -0.15) is 0 Å². The highest BCUT2D eigenvalue weighted by Crippen LogP contribution is 2.20. The van der Waals surface area contributed by atoms with E-state index in [1.54, 1.807) is 0 Å². The number of nitrogens with one attached hydrogen (secondary N) is 1. The molecule has 0 saturated carbocycles. The molecule has 1 aromatic carbocycles. The molecule has 0 bridgehead atoms. The highest BCUT2D eigenvalue weighted by atomic mass is 15.2. The van der Waals surface area contributed by atoms with Gasteiger partial charge in [0.2, 0.25) is 0 Å². The Morgan fingerprint density at radius 3 is 2.69 bits per heavy atom. The zero-order valence-electron chi connectivity index (χ0n) is 10.2. The SMILES string of the molecule is CC(c1ccccc1)N1CCCCNCC1. The Labute approximate surface area is 98.7 Å². The molecule has 1 aliphatic rings. The lowest BCUT2D eigenvalue weighted by molar-refractivity contribution is 0.197. The third kappa shape index (κ3) is 3.06. The van der Waals surface area contributed by atoms with Crippen molar-refractivity contribution in [3.05, 3.63) is 35.9 Å². The van der Waals surface area contributed by atoms with Crippen LogP contribution in [0.25, 0.3) is 0 Å². The molecule has 0 aliphatic carbocycles. The van der Waals surface area contributed by atoms with E-state index in [0.29, 0.717) is 6.04 Å². The maximum atomic E-state index is 3.48. The van der Waals surface area contributed by atoms with Crippen LogP contribution in [0.5, 0.6) is 0 Å². The molecule has 2 rings (SSSR count). The van der Waals surface area contributed by atoms with Crippen molar-refractivity contribution in [2.24, 2.45) is 0 Å². The van der Waals surface area contributed by atoms with Crippen molar-refractivity contribution in [3.63, 3.8) is 0 Å². The van der Waals surface area contributed by atoms with Crippen molar-refractivity contribution in [3.8, 4) is 0 Å². The second kappa shape index (κ2) is 6.02. The van der Waals surface area contributed by atoms with Gasteiger partial charge in [0, 0.05) is 19.1 Å². The first kappa shape index (κ1) is 11.6. The predicted molar refractivity (Wildman–Crippen MR) is 68.5 cm³/mol. The molecule has 0 aromatic heterocycles. The second-order valence-electron chi connectivity index (χ2n) is 4.58. The first-order valence-corrected chi connectivity index (χ1v) is 6.37. The average molecular weight is 218 g/mol. The minimum atomic E-state index is 0.543. The normalized spacial score (nSPS) is 21.1. The van der Waals surface area contributed by atoms with E-state index in [9.17, 15) is 0 Å². The lowest BCUT2D eigenvalue weighted by Gasteiger charge is -2.31. The molecule has 1 heterocycles. The monoisotopic (exact) mass is 218 g/mol.